The van der Waals surface area contributed by atoms with Crippen LogP contribution >= 0.6 is 0 Å². The number of hydrogen-bond acceptors (Lipinski definition) is 3. The van der Waals surface area contributed by atoms with Gasteiger partial charge in [-0.1, -0.05) is 0 Å². The van der Waals surface area contributed by atoms with Crippen LogP contribution in [0.4, 0.5) is 4.39 Å². The zero-order chi connectivity index (χ0) is 22.6. The number of pyridine rings is 1. The number of imidazole rings is 1. The molecule has 1 fully saturated rings. The number of rotatable bonds is 3. The van der Waals surface area contributed by atoms with Gasteiger partial charge in [0.15, 0.2) is 0 Å². The highest BCUT2D eigenvalue weighted by molar-refractivity contribution is 6.03. The highest BCUT2D eigenvalue weighted by Crippen LogP contribution is 2.44. The SMILES string of the molecule is Fc1ccc(-n2c(C3CCOCC3)c(-c3ccc4nccn4c3)c3cc4c(cc32)C=NC4)cc1. The number of aromatic nitrogens is 3. The highest BCUT2D eigenvalue weighted by Gasteiger charge is 2.29. The van der Waals surface area contributed by atoms with Gasteiger partial charge in [-0.3, -0.25) is 4.99 Å². The number of hydrogen-bond donors (Lipinski definition) is 0. The second-order valence-corrected chi connectivity index (χ2v) is 9.11. The van der Waals surface area contributed by atoms with E-state index in [1.54, 1.807) is 12.1 Å². The van der Waals surface area contributed by atoms with Crippen molar-refractivity contribution in [1.29, 1.82) is 0 Å². The van der Waals surface area contributed by atoms with E-state index in [1.807, 2.05) is 30.7 Å². The molecule has 5 heterocycles. The van der Waals surface area contributed by atoms with E-state index in [9.17, 15) is 4.39 Å². The lowest BCUT2D eigenvalue weighted by Crippen LogP contribution is -2.17. The molecule has 5 nitrogen and oxygen atoms in total. The predicted octanol–water partition coefficient (Wildman–Crippen LogP) is 5.91. The summed E-state index contributed by atoms with van der Waals surface area (Å²) < 4.78 is 24.0. The van der Waals surface area contributed by atoms with Gasteiger partial charge < -0.3 is 13.7 Å². The minimum absolute atomic E-state index is 0.230. The molecule has 0 N–H and O–H groups in total. The Balaban J connectivity index is 1.60. The van der Waals surface area contributed by atoms with Gasteiger partial charge in [0.05, 0.1) is 12.1 Å². The summed E-state index contributed by atoms with van der Waals surface area (Å²) in [6.45, 7) is 2.21. The molecule has 34 heavy (non-hydrogen) atoms. The second-order valence-electron chi connectivity index (χ2n) is 9.11. The van der Waals surface area contributed by atoms with Gasteiger partial charge in [-0.25, -0.2) is 9.37 Å². The van der Waals surface area contributed by atoms with Gasteiger partial charge in [-0.05, 0) is 72.5 Å². The van der Waals surface area contributed by atoms with Crippen LogP contribution < -0.4 is 0 Å². The Morgan fingerprint density at radius 3 is 2.71 bits per heavy atom. The minimum Gasteiger partial charge on any atom is -0.381 e. The number of fused-ring (bicyclic) bond motifs is 3. The molecule has 168 valence electrons. The first-order valence-corrected chi connectivity index (χ1v) is 11.7. The van der Waals surface area contributed by atoms with Gasteiger partial charge in [0.1, 0.15) is 11.5 Å². The number of ether oxygens (including phenoxy) is 1. The molecule has 0 aliphatic carbocycles. The molecule has 0 atom stereocenters. The van der Waals surface area contributed by atoms with E-state index in [-0.39, 0.29) is 5.82 Å². The molecular weight excluding hydrogens is 427 g/mol. The quantitative estimate of drug-likeness (QED) is 0.343. The second kappa shape index (κ2) is 7.64. The van der Waals surface area contributed by atoms with Crippen LogP contribution in [-0.2, 0) is 11.3 Å². The van der Waals surface area contributed by atoms with Crippen molar-refractivity contribution in [3.63, 3.8) is 0 Å². The van der Waals surface area contributed by atoms with Gasteiger partial charge in [-0.2, -0.15) is 0 Å². The smallest absolute Gasteiger partial charge is 0.136 e. The molecule has 6 heteroatoms. The molecule has 0 saturated carbocycles. The fraction of sp³-hybridized carbons (Fsp3) is 0.214. The van der Waals surface area contributed by atoms with E-state index in [1.165, 1.54) is 22.2 Å². The van der Waals surface area contributed by atoms with Crippen LogP contribution in [0.25, 0.3) is 33.4 Å². The van der Waals surface area contributed by atoms with E-state index in [2.05, 4.69) is 49.4 Å². The summed E-state index contributed by atoms with van der Waals surface area (Å²) in [4.78, 5) is 8.93. The van der Waals surface area contributed by atoms with Gasteiger partial charge in [0, 0.05) is 71.8 Å². The first-order valence-electron chi connectivity index (χ1n) is 11.7. The normalized spacial score (nSPS) is 16.0. The van der Waals surface area contributed by atoms with Crippen molar-refractivity contribution in [2.75, 3.05) is 13.2 Å². The largest absolute Gasteiger partial charge is 0.381 e. The molecule has 2 aliphatic rings. The first kappa shape index (κ1) is 19.7. The Kier molecular flexibility index (Phi) is 4.42. The molecular formula is C28H23FN4O. The summed E-state index contributed by atoms with van der Waals surface area (Å²) in [5.74, 6) is 0.106. The Morgan fingerprint density at radius 1 is 1.00 bits per heavy atom. The highest BCUT2D eigenvalue weighted by atomic mass is 19.1. The van der Waals surface area contributed by atoms with Gasteiger partial charge in [0.25, 0.3) is 0 Å². The van der Waals surface area contributed by atoms with Crippen molar-refractivity contribution in [3.8, 4) is 16.8 Å². The first-order chi connectivity index (χ1) is 16.8. The molecule has 0 unspecified atom stereocenters. The number of benzene rings is 2. The Hall–Kier alpha value is -3.77. The van der Waals surface area contributed by atoms with Crippen molar-refractivity contribution in [2.45, 2.75) is 25.3 Å². The predicted molar refractivity (Wildman–Crippen MR) is 132 cm³/mol. The molecule has 2 aromatic carbocycles. The zero-order valence-electron chi connectivity index (χ0n) is 18.6. The molecule has 7 rings (SSSR count). The molecule has 0 spiro atoms. The fourth-order valence-electron chi connectivity index (χ4n) is 5.51. The number of aliphatic imine (C=N–C) groups is 1. The summed E-state index contributed by atoms with van der Waals surface area (Å²) in [5, 5.41) is 1.20. The van der Waals surface area contributed by atoms with Crippen molar-refractivity contribution >= 4 is 22.8 Å². The minimum atomic E-state index is -0.230. The fourth-order valence-corrected chi connectivity index (χ4v) is 5.51. The summed E-state index contributed by atoms with van der Waals surface area (Å²) >= 11 is 0. The van der Waals surface area contributed by atoms with Gasteiger partial charge >= 0.3 is 0 Å². The topological polar surface area (TPSA) is 43.8 Å². The van der Waals surface area contributed by atoms with Crippen LogP contribution in [0.1, 0.15) is 35.6 Å². The molecule has 0 radical (unpaired) electrons. The van der Waals surface area contributed by atoms with Gasteiger partial charge in [-0.15, -0.1) is 0 Å². The van der Waals surface area contributed by atoms with Crippen molar-refractivity contribution in [3.05, 3.63) is 89.8 Å². The third-order valence-corrected chi connectivity index (χ3v) is 7.13. The van der Waals surface area contributed by atoms with Crippen molar-refractivity contribution in [2.24, 2.45) is 4.99 Å². The third-order valence-electron chi connectivity index (χ3n) is 7.13. The maximum absolute atomic E-state index is 13.9. The molecule has 0 bridgehead atoms. The van der Waals surface area contributed by atoms with E-state index < -0.39 is 0 Å². The van der Waals surface area contributed by atoms with Crippen LogP contribution in [-0.4, -0.2) is 33.4 Å². The number of halogens is 1. The Labute approximate surface area is 196 Å². The van der Waals surface area contributed by atoms with E-state index >= 15 is 0 Å². The monoisotopic (exact) mass is 450 g/mol. The van der Waals surface area contributed by atoms with Crippen LogP contribution in [0.3, 0.4) is 0 Å². The summed E-state index contributed by atoms with van der Waals surface area (Å²) in [5.41, 5.74) is 9.07. The maximum Gasteiger partial charge on any atom is 0.136 e. The summed E-state index contributed by atoms with van der Waals surface area (Å²) in [6, 6.07) is 15.6. The summed E-state index contributed by atoms with van der Waals surface area (Å²) in [6.07, 6.45) is 9.85. The molecule has 2 aliphatic heterocycles. The number of nitrogens with zero attached hydrogens (tertiary/aromatic N) is 4. The lowest BCUT2D eigenvalue weighted by atomic mass is 9.90. The Morgan fingerprint density at radius 2 is 1.85 bits per heavy atom. The molecule has 3 aromatic heterocycles. The standard InChI is InChI=1S/C28H23FN4O/c29-22-2-4-23(5-3-22)33-25-14-21-16-30-15-20(21)13-24(25)27(28(33)18-7-11-34-12-8-18)19-1-6-26-31-9-10-32(26)17-19/h1-6,9-10,13-14,16-18H,7-8,11-12,15H2. The van der Waals surface area contributed by atoms with Gasteiger partial charge in [0.2, 0.25) is 0 Å². The van der Waals surface area contributed by atoms with E-state index in [4.69, 9.17) is 4.74 Å². The molecule has 1 saturated heterocycles. The van der Waals surface area contributed by atoms with Crippen molar-refractivity contribution in [1.82, 2.24) is 14.0 Å². The van der Waals surface area contributed by atoms with Crippen LogP contribution in [0.5, 0.6) is 0 Å². The summed E-state index contributed by atoms with van der Waals surface area (Å²) in [7, 11) is 0. The molecule has 5 aromatic rings. The van der Waals surface area contributed by atoms with Crippen LogP contribution in [0.15, 0.2) is 72.1 Å². The maximum atomic E-state index is 13.9. The third kappa shape index (κ3) is 3.02. The molecule has 0 amide bonds. The van der Waals surface area contributed by atoms with Crippen LogP contribution in [0.2, 0.25) is 0 Å². The van der Waals surface area contributed by atoms with E-state index in [0.717, 1.165) is 54.0 Å². The lowest BCUT2D eigenvalue weighted by molar-refractivity contribution is 0.0843. The van der Waals surface area contributed by atoms with Crippen molar-refractivity contribution < 1.29 is 9.13 Å². The average Bonchev–Trinajstić information content (AvgIpc) is 3.60. The Bertz CT molecular complexity index is 1570. The lowest BCUT2D eigenvalue weighted by Gasteiger charge is -2.26. The van der Waals surface area contributed by atoms with Crippen LogP contribution in [0, 0.1) is 5.82 Å². The van der Waals surface area contributed by atoms with E-state index in [0.29, 0.717) is 12.5 Å². The average molecular weight is 451 g/mol. The zero-order valence-corrected chi connectivity index (χ0v) is 18.6.